The van der Waals surface area contributed by atoms with Crippen LogP contribution in [0.15, 0.2) is 23.1 Å². The van der Waals surface area contributed by atoms with E-state index in [0.29, 0.717) is 24.3 Å². The lowest BCUT2D eigenvalue weighted by Gasteiger charge is -2.23. The van der Waals surface area contributed by atoms with E-state index in [-0.39, 0.29) is 23.0 Å². The van der Waals surface area contributed by atoms with Crippen molar-refractivity contribution in [3.05, 3.63) is 39.9 Å². The SMILES string of the molecule is CN(N)C1CCN(c2cc3c(cc2F)c(=O)c(C(=O)O)cn3C2CC2)C1. The van der Waals surface area contributed by atoms with Gasteiger partial charge in [0.1, 0.15) is 11.4 Å². The van der Waals surface area contributed by atoms with Crippen LogP contribution in [0.1, 0.15) is 35.7 Å². The second-order valence-electron chi connectivity index (χ2n) is 7.19. The standard InChI is InChI=1S/C18H21FN4O3/c1-21(20)11-4-5-22(8-11)16-7-15-12(6-14(16)19)17(24)13(18(25)26)9-23(15)10-2-3-10/h6-7,9-11H,2-5,8,20H2,1H3,(H,25,26). The van der Waals surface area contributed by atoms with Crippen molar-refractivity contribution in [2.45, 2.75) is 31.3 Å². The molecule has 3 N–H and O–H groups in total. The number of aromatic nitrogens is 1. The minimum atomic E-state index is -1.29. The van der Waals surface area contributed by atoms with Gasteiger partial charge in [-0.3, -0.25) is 10.6 Å². The van der Waals surface area contributed by atoms with E-state index in [1.807, 2.05) is 9.47 Å². The van der Waals surface area contributed by atoms with Crippen molar-refractivity contribution >= 4 is 22.6 Å². The van der Waals surface area contributed by atoms with Crippen LogP contribution >= 0.6 is 0 Å². The maximum atomic E-state index is 14.8. The number of hydrazine groups is 1. The van der Waals surface area contributed by atoms with Crippen molar-refractivity contribution in [2.75, 3.05) is 25.0 Å². The van der Waals surface area contributed by atoms with Gasteiger partial charge in [-0.2, -0.15) is 0 Å². The Morgan fingerprint density at radius 2 is 2.08 bits per heavy atom. The van der Waals surface area contributed by atoms with Gasteiger partial charge in [0.2, 0.25) is 5.43 Å². The number of hydrogen-bond donors (Lipinski definition) is 2. The number of halogens is 1. The van der Waals surface area contributed by atoms with Crippen molar-refractivity contribution in [3.8, 4) is 0 Å². The van der Waals surface area contributed by atoms with Crippen molar-refractivity contribution in [2.24, 2.45) is 5.84 Å². The highest BCUT2D eigenvalue weighted by atomic mass is 19.1. The normalized spacial score (nSPS) is 20.3. The second-order valence-corrected chi connectivity index (χ2v) is 7.19. The molecule has 1 unspecified atom stereocenters. The highest BCUT2D eigenvalue weighted by molar-refractivity contribution is 5.93. The Kier molecular flexibility index (Phi) is 3.96. The molecule has 1 saturated heterocycles. The molecule has 138 valence electrons. The monoisotopic (exact) mass is 360 g/mol. The van der Waals surface area contributed by atoms with Gasteiger partial charge >= 0.3 is 5.97 Å². The minimum Gasteiger partial charge on any atom is -0.477 e. The van der Waals surface area contributed by atoms with Crippen LogP contribution in [0.2, 0.25) is 0 Å². The summed E-state index contributed by atoms with van der Waals surface area (Å²) < 4.78 is 16.6. The van der Waals surface area contributed by atoms with Crippen LogP contribution in [0.4, 0.5) is 10.1 Å². The molecule has 2 aliphatic rings. The number of rotatable bonds is 4. The number of carbonyl (C=O) groups is 1. The summed E-state index contributed by atoms with van der Waals surface area (Å²) in [5.41, 5.74) is 0.0561. The Morgan fingerprint density at radius 3 is 2.65 bits per heavy atom. The summed E-state index contributed by atoms with van der Waals surface area (Å²) in [7, 11) is 1.79. The predicted molar refractivity (Wildman–Crippen MR) is 96.0 cm³/mol. The molecule has 26 heavy (non-hydrogen) atoms. The van der Waals surface area contributed by atoms with E-state index in [9.17, 15) is 19.1 Å². The molecule has 2 heterocycles. The number of fused-ring (bicyclic) bond motifs is 1. The van der Waals surface area contributed by atoms with E-state index >= 15 is 0 Å². The zero-order valence-electron chi connectivity index (χ0n) is 14.5. The second kappa shape index (κ2) is 6.07. The number of carboxylic acid groups (broad SMARTS) is 1. The molecule has 1 saturated carbocycles. The maximum absolute atomic E-state index is 14.8. The smallest absolute Gasteiger partial charge is 0.341 e. The molecule has 1 aliphatic carbocycles. The van der Waals surface area contributed by atoms with Crippen molar-refractivity contribution in [1.29, 1.82) is 0 Å². The number of hydrogen-bond acceptors (Lipinski definition) is 5. The lowest BCUT2D eigenvalue weighted by Crippen LogP contribution is -2.39. The van der Waals surface area contributed by atoms with Gasteiger partial charge in [-0.15, -0.1) is 0 Å². The first kappa shape index (κ1) is 17.0. The molecule has 0 amide bonds. The number of carboxylic acids is 1. The summed E-state index contributed by atoms with van der Waals surface area (Å²) in [5, 5.41) is 11.1. The Balaban J connectivity index is 1.86. The molecule has 8 heteroatoms. The highest BCUT2D eigenvalue weighted by Gasteiger charge is 2.30. The largest absolute Gasteiger partial charge is 0.477 e. The fourth-order valence-corrected chi connectivity index (χ4v) is 3.70. The number of likely N-dealkylation sites (N-methyl/N-ethyl adjacent to an activating group) is 1. The van der Waals surface area contributed by atoms with Crippen LogP contribution in [-0.2, 0) is 0 Å². The van der Waals surface area contributed by atoms with Gasteiger partial charge < -0.3 is 14.6 Å². The molecule has 1 atom stereocenters. The van der Waals surface area contributed by atoms with E-state index in [0.717, 1.165) is 19.3 Å². The van der Waals surface area contributed by atoms with E-state index in [4.69, 9.17) is 5.84 Å². The zero-order valence-corrected chi connectivity index (χ0v) is 14.5. The topological polar surface area (TPSA) is 91.8 Å². The lowest BCUT2D eigenvalue weighted by atomic mass is 10.1. The molecule has 1 aromatic carbocycles. The average Bonchev–Trinajstić information content (AvgIpc) is 3.30. The van der Waals surface area contributed by atoms with Crippen LogP contribution in [0.5, 0.6) is 0 Å². The van der Waals surface area contributed by atoms with Gasteiger partial charge in [-0.1, -0.05) is 0 Å². The Hall–Kier alpha value is -2.45. The van der Waals surface area contributed by atoms with Crippen molar-refractivity contribution < 1.29 is 14.3 Å². The molecule has 0 radical (unpaired) electrons. The summed E-state index contributed by atoms with van der Waals surface area (Å²) >= 11 is 0. The lowest BCUT2D eigenvalue weighted by molar-refractivity contribution is 0.0695. The summed E-state index contributed by atoms with van der Waals surface area (Å²) in [6.07, 6.45) is 4.08. The van der Waals surface area contributed by atoms with Crippen LogP contribution in [0, 0.1) is 5.82 Å². The van der Waals surface area contributed by atoms with Crippen LogP contribution in [-0.4, -0.2) is 46.8 Å². The first-order valence-electron chi connectivity index (χ1n) is 8.71. The number of pyridine rings is 1. The zero-order chi connectivity index (χ0) is 18.6. The summed E-state index contributed by atoms with van der Waals surface area (Å²) in [4.78, 5) is 25.8. The van der Waals surface area contributed by atoms with Crippen LogP contribution < -0.4 is 16.2 Å². The number of anilines is 1. The van der Waals surface area contributed by atoms with E-state index in [2.05, 4.69) is 0 Å². The van der Waals surface area contributed by atoms with Gasteiger partial charge in [0.15, 0.2) is 0 Å². The van der Waals surface area contributed by atoms with Gasteiger partial charge in [-0.25, -0.2) is 14.2 Å². The van der Waals surface area contributed by atoms with Crippen molar-refractivity contribution in [1.82, 2.24) is 9.58 Å². The van der Waals surface area contributed by atoms with Gasteiger partial charge in [0.05, 0.1) is 11.2 Å². The molecule has 2 fully saturated rings. The summed E-state index contributed by atoms with van der Waals surface area (Å²) in [5.74, 6) is 4.01. The summed E-state index contributed by atoms with van der Waals surface area (Å²) in [6.45, 7) is 1.28. The number of aromatic carboxylic acids is 1. The molecule has 1 aliphatic heterocycles. The molecule has 7 nitrogen and oxygen atoms in total. The predicted octanol–water partition coefficient (Wildman–Crippen LogP) is 1.56. The molecule has 4 rings (SSSR count). The van der Waals surface area contributed by atoms with Gasteiger partial charge in [0.25, 0.3) is 0 Å². The number of nitrogens with two attached hydrogens (primary N) is 1. The Bertz CT molecular complexity index is 952. The third-order valence-corrected chi connectivity index (χ3v) is 5.35. The molecular weight excluding hydrogens is 339 g/mol. The number of nitrogens with zero attached hydrogens (tertiary/aromatic N) is 3. The van der Waals surface area contributed by atoms with E-state index in [1.165, 1.54) is 12.3 Å². The third-order valence-electron chi connectivity index (χ3n) is 5.35. The van der Waals surface area contributed by atoms with E-state index < -0.39 is 17.2 Å². The van der Waals surface area contributed by atoms with Crippen LogP contribution in [0.25, 0.3) is 10.9 Å². The summed E-state index contributed by atoms with van der Waals surface area (Å²) in [6, 6.07) is 3.16. The van der Waals surface area contributed by atoms with Crippen LogP contribution in [0.3, 0.4) is 0 Å². The highest BCUT2D eigenvalue weighted by Crippen LogP contribution is 2.38. The van der Waals surface area contributed by atoms with Gasteiger partial charge in [-0.05, 0) is 31.4 Å². The molecule has 0 spiro atoms. The fourth-order valence-electron chi connectivity index (χ4n) is 3.70. The van der Waals surface area contributed by atoms with Crippen molar-refractivity contribution in [3.63, 3.8) is 0 Å². The van der Waals surface area contributed by atoms with E-state index in [1.54, 1.807) is 18.1 Å². The Labute approximate surface area is 149 Å². The molecule has 2 aromatic rings. The average molecular weight is 360 g/mol. The third kappa shape index (κ3) is 2.75. The quantitative estimate of drug-likeness (QED) is 0.635. The van der Waals surface area contributed by atoms with Gasteiger partial charge in [0, 0.05) is 43.8 Å². The first-order chi connectivity index (χ1) is 12.4. The minimum absolute atomic E-state index is 0.115. The maximum Gasteiger partial charge on any atom is 0.341 e. The Morgan fingerprint density at radius 1 is 1.35 bits per heavy atom. The molecular formula is C18H21FN4O3. The first-order valence-corrected chi connectivity index (χ1v) is 8.71. The molecule has 0 bridgehead atoms. The fraction of sp³-hybridized carbons (Fsp3) is 0.444. The number of benzene rings is 1. The molecule has 1 aromatic heterocycles.